The van der Waals surface area contributed by atoms with Gasteiger partial charge in [-0.1, -0.05) is 0 Å². The van der Waals surface area contributed by atoms with Gasteiger partial charge in [-0.05, 0) is 74.6 Å². The van der Waals surface area contributed by atoms with E-state index in [9.17, 15) is 22.8 Å². The van der Waals surface area contributed by atoms with Gasteiger partial charge in [-0.15, -0.1) is 0 Å². The van der Waals surface area contributed by atoms with Crippen LogP contribution in [0.25, 0.3) is 0 Å². The lowest BCUT2D eigenvalue weighted by Gasteiger charge is -2.29. The molecular formula is C24H26F3N3O2. The number of hydrogen-bond donors (Lipinski definition) is 1. The van der Waals surface area contributed by atoms with Crippen molar-refractivity contribution >= 4 is 23.2 Å². The van der Waals surface area contributed by atoms with E-state index in [1.165, 1.54) is 0 Å². The summed E-state index contributed by atoms with van der Waals surface area (Å²) >= 11 is 0. The van der Waals surface area contributed by atoms with Crippen LogP contribution in [0.3, 0.4) is 0 Å². The number of likely N-dealkylation sites (tertiary alicyclic amines) is 1. The maximum Gasteiger partial charge on any atom is 0.416 e. The van der Waals surface area contributed by atoms with Crippen LogP contribution in [0.1, 0.15) is 58.4 Å². The molecular weight excluding hydrogens is 419 g/mol. The van der Waals surface area contributed by atoms with Crippen LogP contribution in [0, 0.1) is 0 Å². The monoisotopic (exact) mass is 445 g/mol. The second-order valence-corrected chi connectivity index (χ2v) is 8.31. The second-order valence-electron chi connectivity index (χ2n) is 8.31. The van der Waals surface area contributed by atoms with E-state index >= 15 is 0 Å². The molecule has 2 heterocycles. The zero-order valence-corrected chi connectivity index (χ0v) is 17.8. The number of carbonyl (C=O) groups is 2. The molecule has 0 aromatic heterocycles. The summed E-state index contributed by atoms with van der Waals surface area (Å²) in [6, 6.07) is 9.35. The van der Waals surface area contributed by atoms with Crippen molar-refractivity contribution in [2.45, 2.75) is 38.3 Å². The van der Waals surface area contributed by atoms with Crippen molar-refractivity contribution < 1.29 is 22.8 Å². The number of nitrogens with one attached hydrogen (secondary N) is 1. The maximum atomic E-state index is 13.3. The first-order valence-electron chi connectivity index (χ1n) is 11.0. The molecule has 2 amide bonds. The summed E-state index contributed by atoms with van der Waals surface area (Å²) in [5, 5.41) is 2.72. The summed E-state index contributed by atoms with van der Waals surface area (Å²) in [5.41, 5.74) is 1.17. The van der Waals surface area contributed by atoms with E-state index < -0.39 is 17.6 Å². The SMILES string of the molecule is O=C(Nc1ccc(N2CCCC2)c(C(=O)N2CCCCC2)c1)c1ccc(C(F)(F)F)cc1. The molecule has 0 radical (unpaired) electrons. The molecule has 0 unspecified atom stereocenters. The van der Waals surface area contributed by atoms with Crippen LogP contribution in [-0.2, 0) is 6.18 Å². The maximum absolute atomic E-state index is 13.3. The van der Waals surface area contributed by atoms with E-state index in [1.54, 1.807) is 12.1 Å². The molecule has 0 aliphatic carbocycles. The average molecular weight is 445 g/mol. The van der Waals surface area contributed by atoms with Gasteiger partial charge in [0, 0.05) is 43.1 Å². The van der Waals surface area contributed by atoms with Crippen molar-refractivity contribution in [1.82, 2.24) is 4.90 Å². The highest BCUT2D eigenvalue weighted by molar-refractivity contribution is 6.06. The molecule has 2 fully saturated rings. The first-order chi connectivity index (χ1) is 15.3. The molecule has 0 bridgehead atoms. The van der Waals surface area contributed by atoms with E-state index in [2.05, 4.69) is 10.2 Å². The largest absolute Gasteiger partial charge is 0.416 e. The number of carbonyl (C=O) groups excluding carboxylic acids is 2. The predicted molar refractivity (Wildman–Crippen MR) is 117 cm³/mol. The predicted octanol–water partition coefficient (Wildman–Crippen LogP) is 5.18. The lowest BCUT2D eigenvalue weighted by molar-refractivity contribution is -0.137. The molecule has 5 nitrogen and oxygen atoms in total. The van der Waals surface area contributed by atoms with Gasteiger partial charge in [0.05, 0.1) is 11.1 Å². The Labute approximate surface area is 185 Å². The third kappa shape index (κ3) is 4.89. The van der Waals surface area contributed by atoms with Crippen molar-refractivity contribution in [1.29, 1.82) is 0 Å². The van der Waals surface area contributed by atoms with Crippen LogP contribution >= 0.6 is 0 Å². The number of amides is 2. The summed E-state index contributed by atoms with van der Waals surface area (Å²) in [4.78, 5) is 30.0. The minimum absolute atomic E-state index is 0.0442. The Balaban J connectivity index is 1.57. The number of halogens is 3. The summed E-state index contributed by atoms with van der Waals surface area (Å²) in [7, 11) is 0. The van der Waals surface area contributed by atoms with Gasteiger partial charge < -0.3 is 15.1 Å². The number of hydrogen-bond acceptors (Lipinski definition) is 3. The van der Waals surface area contributed by atoms with Gasteiger partial charge in [-0.25, -0.2) is 0 Å². The highest BCUT2D eigenvalue weighted by Gasteiger charge is 2.30. The lowest BCUT2D eigenvalue weighted by atomic mass is 10.1. The van der Waals surface area contributed by atoms with Gasteiger partial charge in [0.2, 0.25) is 0 Å². The van der Waals surface area contributed by atoms with Gasteiger partial charge in [0.25, 0.3) is 11.8 Å². The van der Waals surface area contributed by atoms with Crippen molar-refractivity contribution in [2.75, 3.05) is 36.4 Å². The Morgan fingerprint density at radius 1 is 0.812 bits per heavy atom. The number of anilines is 2. The lowest BCUT2D eigenvalue weighted by Crippen LogP contribution is -2.36. The van der Waals surface area contributed by atoms with Gasteiger partial charge in [0.15, 0.2) is 0 Å². The Bertz CT molecular complexity index is 977. The van der Waals surface area contributed by atoms with Crippen LogP contribution in [0.2, 0.25) is 0 Å². The quantitative estimate of drug-likeness (QED) is 0.705. The molecule has 2 aromatic carbocycles. The zero-order chi connectivity index (χ0) is 22.7. The Morgan fingerprint density at radius 3 is 2.06 bits per heavy atom. The fourth-order valence-electron chi connectivity index (χ4n) is 4.30. The van der Waals surface area contributed by atoms with E-state index in [0.29, 0.717) is 11.3 Å². The molecule has 170 valence electrons. The summed E-state index contributed by atoms with van der Waals surface area (Å²) in [5.74, 6) is -0.568. The minimum Gasteiger partial charge on any atom is -0.371 e. The highest BCUT2D eigenvalue weighted by Crippen LogP contribution is 2.31. The van der Waals surface area contributed by atoms with Crippen molar-refractivity contribution in [2.24, 2.45) is 0 Å². The normalized spacial score (nSPS) is 16.8. The molecule has 0 atom stereocenters. The topological polar surface area (TPSA) is 52.7 Å². The number of nitrogens with zero attached hydrogens (tertiary/aromatic N) is 2. The van der Waals surface area contributed by atoms with Crippen molar-refractivity contribution in [3.8, 4) is 0 Å². The zero-order valence-electron chi connectivity index (χ0n) is 17.8. The third-order valence-corrected chi connectivity index (χ3v) is 6.05. The van der Waals surface area contributed by atoms with Crippen LogP contribution in [0.5, 0.6) is 0 Å². The van der Waals surface area contributed by atoms with Crippen LogP contribution in [0.15, 0.2) is 42.5 Å². The Morgan fingerprint density at radius 2 is 1.44 bits per heavy atom. The fraction of sp³-hybridized carbons (Fsp3) is 0.417. The molecule has 2 aromatic rings. The first kappa shape index (κ1) is 22.2. The van der Waals surface area contributed by atoms with Gasteiger partial charge in [-0.3, -0.25) is 9.59 Å². The van der Waals surface area contributed by atoms with E-state index in [-0.39, 0.29) is 11.5 Å². The molecule has 1 N–H and O–H groups in total. The van der Waals surface area contributed by atoms with Crippen LogP contribution in [-0.4, -0.2) is 42.9 Å². The van der Waals surface area contributed by atoms with E-state index in [1.807, 2.05) is 11.0 Å². The summed E-state index contributed by atoms with van der Waals surface area (Å²) in [6.45, 7) is 3.22. The van der Waals surface area contributed by atoms with Crippen molar-refractivity contribution in [3.05, 3.63) is 59.2 Å². The molecule has 0 saturated carbocycles. The fourth-order valence-corrected chi connectivity index (χ4v) is 4.30. The molecule has 2 aliphatic heterocycles. The molecule has 4 rings (SSSR count). The van der Waals surface area contributed by atoms with Gasteiger partial charge >= 0.3 is 6.18 Å². The summed E-state index contributed by atoms with van der Waals surface area (Å²) in [6.07, 6.45) is 0.772. The van der Waals surface area contributed by atoms with Gasteiger partial charge in [-0.2, -0.15) is 13.2 Å². The third-order valence-electron chi connectivity index (χ3n) is 6.05. The Hall–Kier alpha value is -3.03. The first-order valence-corrected chi connectivity index (χ1v) is 11.0. The van der Waals surface area contributed by atoms with Crippen LogP contribution < -0.4 is 10.2 Å². The second kappa shape index (κ2) is 9.22. The number of rotatable bonds is 4. The number of piperidine rings is 1. The minimum atomic E-state index is -4.45. The molecule has 32 heavy (non-hydrogen) atoms. The summed E-state index contributed by atoms with van der Waals surface area (Å²) < 4.78 is 38.3. The smallest absolute Gasteiger partial charge is 0.371 e. The number of benzene rings is 2. The molecule has 2 aliphatic rings. The van der Waals surface area contributed by atoms with Crippen molar-refractivity contribution in [3.63, 3.8) is 0 Å². The Kier molecular flexibility index (Phi) is 6.39. The molecule has 8 heteroatoms. The van der Waals surface area contributed by atoms with Crippen LogP contribution in [0.4, 0.5) is 24.5 Å². The molecule has 0 spiro atoms. The molecule has 2 saturated heterocycles. The van der Waals surface area contributed by atoms with E-state index in [0.717, 1.165) is 88.2 Å². The van der Waals surface area contributed by atoms with E-state index in [4.69, 9.17) is 0 Å². The highest BCUT2D eigenvalue weighted by atomic mass is 19.4. The van der Waals surface area contributed by atoms with Gasteiger partial charge in [0.1, 0.15) is 0 Å². The average Bonchev–Trinajstić information content (AvgIpc) is 3.33. The standard InChI is InChI=1S/C24H26F3N3O2/c25-24(26,27)18-8-6-17(7-9-18)22(31)28-19-10-11-21(29-12-4-5-13-29)20(16-19)23(32)30-14-2-1-3-15-30/h6-11,16H,1-5,12-15H2,(H,28,31). The number of alkyl halides is 3.